The number of aliphatic imine (C=N–C) groups is 1. The number of carboxylic acid groups (broad SMARTS) is 2. The fraction of sp³-hybridized carbons (Fsp3) is 0.667. The van der Waals surface area contributed by atoms with Crippen LogP contribution in [-0.2, 0) is 9.59 Å². The van der Waals surface area contributed by atoms with Gasteiger partial charge in [-0.3, -0.25) is 4.99 Å². The van der Waals surface area contributed by atoms with E-state index in [1.165, 1.54) is 0 Å². The van der Waals surface area contributed by atoms with Crippen LogP contribution in [0.2, 0.25) is 0 Å². The maximum atomic E-state index is 10.7. The van der Waals surface area contributed by atoms with Gasteiger partial charge in [-0.1, -0.05) is 13.8 Å². The zero-order chi connectivity index (χ0) is 10.9. The van der Waals surface area contributed by atoms with E-state index in [0.29, 0.717) is 12.8 Å². The van der Waals surface area contributed by atoms with E-state index in [2.05, 4.69) is 4.99 Å². The summed E-state index contributed by atoms with van der Waals surface area (Å²) < 4.78 is 0. The molecular weight excluding hydrogens is 186 g/mol. The first kappa shape index (κ1) is 10.7. The first-order valence-electron chi connectivity index (χ1n) is 4.35. The number of nitrogens with zero attached hydrogens (tertiary/aromatic N) is 1. The molecule has 14 heavy (non-hydrogen) atoms. The lowest BCUT2D eigenvalue weighted by Crippen LogP contribution is -2.47. The summed E-state index contributed by atoms with van der Waals surface area (Å²) in [6.07, 6.45) is 0.768. The summed E-state index contributed by atoms with van der Waals surface area (Å²) in [5.74, 6) is -2.74. The van der Waals surface area contributed by atoms with Crippen LogP contribution >= 0.6 is 0 Å². The molecule has 1 aliphatic rings. The quantitative estimate of drug-likeness (QED) is 0.517. The minimum Gasteiger partial charge on any atom is -0.548 e. The van der Waals surface area contributed by atoms with E-state index in [9.17, 15) is 19.8 Å². The number of carbonyl (C=O) groups excluding carboxylic acids is 2. The van der Waals surface area contributed by atoms with Gasteiger partial charge >= 0.3 is 0 Å². The Bertz CT molecular complexity index is 306. The molecule has 0 amide bonds. The lowest BCUT2D eigenvalue weighted by Gasteiger charge is -2.34. The maximum Gasteiger partial charge on any atom is 0.0897 e. The Morgan fingerprint density at radius 3 is 2.43 bits per heavy atom. The molecule has 78 valence electrons. The third-order valence-electron chi connectivity index (χ3n) is 2.43. The average Bonchev–Trinajstić information content (AvgIpc) is 2.02. The monoisotopic (exact) mass is 197 g/mol. The Kier molecular flexibility index (Phi) is 2.59. The molecule has 0 aromatic heterocycles. The van der Waals surface area contributed by atoms with E-state index in [0.717, 1.165) is 0 Å². The fourth-order valence-corrected chi connectivity index (χ4v) is 1.51. The van der Waals surface area contributed by atoms with E-state index in [1.54, 1.807) is 13.8 Å². The Morgan fingerprint density at radius 2 is 2.00 bits per heavy atom. The highest BCUT2D eigenvalue weighted by Crippen LogP contribution is 2.30. The van der Waals surface area contributed by atoms with Crippen LogP contribution in [0.5, 0.6) is 0 Å². The first-order chi connectivity index (χ1) is 6.34. The van der Waals surface area contributed by atoms with E-state index in [4.69, 9.17) is 0 Å². The van der Waals surface area contributed by atoms with Crippen LogP contribution < -0.4 is 10.2 Å². The van der Waals surface area contributed by atoms with Gasteiger partial charge in [0.15, 0.2) is 0 Å². The van der Waals surface area contributed by atoms with Crippen molar-refractivity contribution in [3.8, 4) is 0 Å². The number of aliphatic carboxylic acids is 2. The Balaban J connectivity index is 3.03. The molecule has 0 saturated heterocycles. The lowest BCUT2D eigenvalue weighted by atomic mass is 9.79. The molecule has 5 nitrogen and oxygen atoms in total. The van der Waals surface area contributed by atoms with Crippen molar-refractivity contribution < 1.29 is 19.8 Å². The van der Waals surface area contributed by atoms with Gasteiger partial charge in [-0.15, -0.1) is 0 Å². The highest BCUT2D eigenvalue weighted by Gasteiger charge is 2.32. The zero-order valence-electron chi connectivity index (χ0n) is 8.07. The second-order valence-electron chi connectivity index (χ2n) is 4.02. The predicted octanol–water partition coefficient (Wildman–Crippen LogP) is -1.88. The van der Waals surface area contributed by atoms with Gasteiger partial charge in [0.1, 0.15) is 0 Å². The molecular formula is C9H11NO4-2. The van der Waals surface area contributed by atoms with Crippen molar-refractivity contribution in [3.05, 3.63) is 0 Å². The van der Waals surface area contributed by atoms with Crippen LogP contribution in [-0.4, -0.2) is 23.7 Å². The minimum absolute atomic E-state index is 0.182. The third-order valence-corrected chi connectivity index (χ3v) is 2.43. The number of carbonyl (C=O) groups is 2. The number of carboxylic acids is 2. The van der Waals surface area contributed by atoms with Crippen molar-refractivity contribution in [2.24, 2.45) is 10.4 Å². The number of rotatable bonds is 2. The SMILES string of the molecule is CC1(C)CC[C@@H](C(=O)[O-])N=C1C(=O)[O-]. The average molecular weight is 197 g/mol. The van der Waals surface area contributed by atoms with Crippen molar-refractivity contribution in [1.29, 1.82) is 0 Å². The van der Waals surface area contributed by atoms with Gasteiger partial charge in [-0.2, -0.15) is 0 Å². The maximum absolute atomic E-state index is 10.7. The van der Waals surface area contributed by atoms with Crippen LogP contribution in [0.4, 0.5) is 0 Å². The lowest BCUT2D eigenvalue weighted by molar-refractivity contribution is -0.307. The second-order valence-corrected chi connectivity index (χ2v) is 4.02. The smallest absolute Gasteiger partial charge is 0.0897 e. The molecule has 0 bridgehead atoms. The molecule has 0 spiro atoms. The topological polar surface area (TPSA) is 92.6 Å². The number of hydrogen-bond donors (Lipinski definition) is 0. The molecule has 0 fully saturated rings. The standard InChI is InChI=1S/C9H13NO4/c1-9(2)4-3-5(7(11)12)10-6(9)8(13)14/h5H,3-4H2,1-2H3,(H,11,12)(H,13,14)/p-2/t5-/m0/s1. The van der Waals surface area contributed by atoms with E-state index < -0.39 is 23.4 Å². The molecule has 1 atom stereocenters. The van der Waals surface area contributed by atoms with Gasteiger partial charge in [-0.05, 0) is 12.8 Å². The third kappa shape index (κ3) is 1.92. The molecule has 0 N–H and O–H groups in total. The Morgan fingerprint density at radius 1 is 1.43 bits per heavy atom. The van der Waals surface area contributed by atoms with Crippen molar-refractivity contribution in [2.75, 3.05) is 0 Å². The van der Waals surface area contributed by atoms with Crippen LogP contribution in [0.25, 0.3) is 0 Å². The van der Waals surface area contributed by atoms with Gasteiger partial charge in [0.25, 0.3) is 0 Å². The number of hydrogen-bond acceptors (Lipinski definition) is 5. The molecule has 5 heteroatoms. The van der Waals surface area contributed by atoms with Gasteiger partial charge in [0, 0.05) is 5.41 Å². The predicted molar refractivity (Wildman–Crippen MR) is 44.3 cm³/mol. The van der Waals surface area contributed by atoms with E-state index in [1.807, 2.05) is 0 Å². The van der Waals surface area contributed by atoms with Crippen molar-refractivity contribution >= 4 is 17.7 Å². The van der Waals surface area contributed by atoms with Crippen molar-refractivity contribution in [3.63, 3.8) is 0 Å². The van der Waals surface area contributed by atoms with E-state index in [-0.39, 0.29) is 5.71 Å². The van der Waals surface area contributed by atoms with Gasteiger partial charge in [0.05, 0.1) is 23.7 Å². The summed E-state index contributed by atoms with van der Waals surface area (Å²) in [7, 11) is 0. The molecule has 1 heterocycles. The van der Waals surface area contributed by atoms with Crippen LogP contribution in [0, 0.1) is 5.41 Å². The summed E-state index contributed by atoms with van der Waals surface area (Å²) in [5.41, 5.74) is -0.803. The molecule has 0 radical (unpaired) electrons. The zero-order valence-corrected chi connectivity index (χ0v) is 8.07. The summed E-state index contributed by atoms with van der Waals surface area (Å²) in [5, 5.41) is 21.2. The molecule has 0 aromatic rings. The molecule has 0 aliphatic carbocycles. The summed E-state index contributed by atoms with van der Waals surface area (Å²) >= 11 is 0. The van der Waals surface area contributed by atoms with Gasteiger partial charge in [0.2, 0.25) is 0 Å². The van der Waals surface area contributed by atoms with Crippen molar-refractivity contribution in [2.45, 2.75) is 32.7 Å². The normalized spacial score (nSPS) is 25.3. The molecule has 1 rings (SSSR count). The van der Waals surface area contributed by atoms with Crippen molar-refractivity contribution in [1.82, 2.24) is 0 Å². The minimum atomic E-state index is -1.40. The highest BCUT2D eigenvalue weighted by atomic mass is 16.4. The summed E-state index contributed by atoms with van der Waals surface area (Å²) in [6.45, 7) is 3.40. The Hall–Kier alpha value is -1.39. The van der Waals surface area contributed by atoms with Crippen LogP contribution in [0.3, 0.4) is 0 Å². The molecule has 0 unspecified atom stereocenters. The highest BCUT2D eigenvalue weighted by molar-refractivity contribution is 6.37. The summed E-state index contributed by atoms with van der Waals surface area (Å²) in [4.78, 5) is 24.8. The fourth-order valence-electron chi connectivity index (χ4n) is 1.51. The Labute approximate surface area is 81.5 Å². The molecule has 0 saturated carbocycles. The largest absolute Gasteiger partial charge is 0.548 e. The van der Waals surface area contributed by atoms with Crippen LogP contribution in [0.15, 0.2) is 4.99 Å². The van der Waals surface area contributed by atoms with Gasteiger partial charge in [-0.25, -0.2) is 0 Å². The second kappa shape index (κ2) is 3.40. The molecule has 1 aliphatic heterocycles. The van der Waals surface area contributed by atoms with Crippen LogP contribution in [0.1, 0.15) is 26.7 Å². The molecule has 0 aromatic carbocycles. The van der Waals surface area contributed by atoms with E-state index >= 15 is 0 Å². The van der Waals surface area contributed by atoms with Gasteiger partial charge < -0.3 is 19.8 Å². The summed E-state index contributed by atoms with van der Waals surface area (Å²) in [6, 6.07) is -1.05. The first-order valence-corrected chi connectivity index (χ1v) is 4.35.